The number of rotatable bonds is 5. The quantitative estimate of drug-likeness (QED) is 0.515. The normalized spacial score (nSPS) is 19.4. The Morgan fingerprint density at radius 3 is 2.83 bits per heavy atom. The van der Waals surface area contributed by atoms with E-state index in [9.17, 15) is 0 Å². The molecule has 0 radical (unpaired) electrons. The van der Waals surface area contributed by atoms with E-state index in [2.05, 4.69) is 47.3 Å². The highest BCUT2D eigenvalue weighted by Gasteiger charge is 2.25. The highest BCUT2D eigenvalue weighted by Crippen LogP contribution is 2.21. The van der Waals surface area contributed by atoms with Gasteiger partial charge >= 0.3 is 0 Å². The van der Waals surface area contributed by atoms with Crippen molar-refractivity contribution in [2.24, 2.45) is 23.4 Å². The van der Waals surface area contributed by atoms with Crippen LogP contribution >= 0.6 is 0 Å². The number of hydrogen-bond donors (Lipinski definition) is 1. The Bertz CT molecular complexity index is 512. The van der Waals surface area contributed by atoms with Gasteiger partial charge in [-0.1, -0.05) is 20.8 Å². The van der Waals surface area contributed by atoms with Crippen LogP contribution in [-0.4, -0.2) is 47.3 Å². The molecule has 0 bridgehead atoms. The first kappa shape index (κ1) is 17.8. The molecule has 2 heterocycles. The molecule has 0 spiro atoms. The summed E-state index contributed by atoms with van der Waals surface area (Å²) < 4.78 is 1.89. The van der Waals surface area contributed by atoms with E-state index in [1.807, 2.05) is 25.0 Å². The van der Waals surface area contributed by atoms with Crippen LogP contribution in [0.15, 0.2) is 17.4 Å². The summed E-state index contributed by atoms with van der Waals surface area (Å²) in [6, 6.07) is 0. The Labute approximate surface area is 141 Å². The van der Waals surface area contributed by atoms with E-state index in [1.54, 1.807) is 0 Å². The summed E-state index contributed by atoms with van der Waals surface area (Å²) in [6.07, 6.45) is 8.89. The third kappa shape index (κ3) is 5.88. The molecule has 23 heavy (non-hydrogen) atoms. The standard InChI is InChI=1S/C18H33N5/c1-18(2,3)8-6-9-20-17(19-4)23-10-7-15(14-23)11-16-12-21-22(5)13-16/h12-13,15H,6-11,14H2,1-5H3,(H,19,20). The molecule has 0 aliphatic carbocycles. The van der Waals surface area contributed by atoms with Gasteiger partial charge in [0.15, 0.2) is 5.96 Å². The fourth-order valence-corrected chi connectivity index (χ4v) is 3.25. The van der Waals surface area contributed by atoms with Crippen LogP contribution in [0.2, 0.25) is 0 Å². The number of likely N-dealkylation sites (tertiary alicyclic amines) is 1. The molecule has 0 aromatic carbocycles. The predicted octanol–water partition coefficient (Wildman–Crippen LogP) is 2.69. The molecular formula is C18H33N5. The van der Waals surface area contributed by atoms with Gasteiger partial charge in [-0.25, -0.2) is 0 Å². The minimum atomic E-state index is 0.410. The lowest BCUT2D eigenvalue weighted by molar-refractivity contribution is 0.363. The van der Waals surface area contributed by atoms with Crippen LogP contribution < -0.4 is 5.32 Å². The van der Waals surface area contributed by atoms with Gasteiger partial charge in [-0.3, -0.25) is 9.67 Å². The molecule has 130 valence electrons. The van der Waals surface area contributed by atoms with Crippen molar-refractivity contribution in [2.75, 3.05) is 26.7 Å². The lowest BCUT2D eigenvalue weighted by Crippen LogP contribution is -2.40. The Hall–Kier alpha value is -1.52. The summed E-state index contributed by atoms with van der Waals surface area (Å²) >= 11 is 0. The molecule has 5 nitrogen and oxygen atoms in total. The SMILES string of the molecule is CN=C(NCCCC(C)(C)C)N1CCC(Cc2cnn(C)c2)C1. The van der Waals surface area contributed by atoms with Crippen LogP contribution in [0.1, 0.15) is 45.6 Å². The molecule has 1 aromatic rings. The monoisotopic (exact) mass is 319 g/mol. The van der Waals surface area contributed by atoms with E-state index in [1.165, 1.54) is 24.8 Å². The van der Waals surface area contributed by atoms with E-state index in [4.69, 9.17) is 0 Å². The molecule has 0 saturated carbocycles. The van der Waals surface area contributed by atoms with Gasteiger partial charge in [0.1, 0.15) is 0 Å². The number of aryl methyl sites for hydroxylation is 1. The Morgan fingerprint density at radius 2 is 2.22 bits per heavy atom. The van der Waals surface area contributed by atoms with Crippen molar-refractivity contribution in [3.63, 3.8) is 0 Å². The van der Waals surface area contributed by atoms with E-state index in [0.717, 1.165) is 32.0 Å². The first-order valence-corrected chi connectivity index (χ1v) is 8.80. The Balaban J connectivity index is 1.75. The first-order valence-electron chi connectivity index (χ1n) is 8.80. The summed E-state index contributed by atoms with van der Waals surface area (Å²) in [6.45, 7) is 10.1. The second-order valence-corrected chi connectivity index (χ2v) is 7.97. The van der Waals surface area contributed by atoms with E-state index in [0.29, 0.717) is 11.3 Å². The van der Waals surface area contributed by atoms with Crippen LogP contribution in [-0.2, 0) is 13.5 Å². The fraction of sp³-hybridized carbons (Fsp3) is 0.778. The second-order valence-electron chi connectivity index (χ2n) is 7.97. The summed E-state index contributed by atoms with van der Waals surface area (Å²) in [4.78, 5) is 6.87. The second kappa shape index (κ2) is 7.84. The maximum Gasteiger partial charge on any atom is 0.193 e. The summed E-state index contributed by atoms with van der Waals surface area (Å²) in [5.41, 5.74) is 1.75. The minimum Gasteiger partial charge on any atom is -0.356 e. The lowest BCUT2D eigenvalue weighted by Gasteiger charge is -2.23. The number of nitrogens with zero attached hydrogens (tertiary/aromatic N) is 4. The highest BCUT2D eigenvalue weighted by molar-refractivity contribution is 5.80. The van der Waals surface area contributed by atoms with Crippen molar-refractivity contribution in [1.29, 1.82) is 0 Å². The number of guanidine groups is 1. The van der Waals surface area contributed by atoms with Gasteiger partial charge < -0.3 is 10.2 Å². The highest BCUT2D eigenvalue weighted by atomic mass is 15.3. The van der Waals surface area contributed by atoms with Crippen LogP contribution in [0, 0.1) is 11.3 Å². The van der Waals surface area contributed by atoms with Crippen molar-refractivity contribution in [1.82, 2.24) is 20.0 Å². The molecule has 5 heteroatoms. The molecule has 1 atom stereocenters. The zero-order valence-corrected chi connectivity index (χ0v) is 15.5. The van der Waals surface area contributed by atoms with Gasteiger partial charge in [0.2, 0.25) is 0 Å². The zero-order valence-electron chi connectivity index (χ0n) is 15.5. The maximum atomic E-state index is 4.46. The van der Waals surface area contributed by atoms with Gasteiger partial charge in [0, 0.05) is 39.9 Å². The van der Waals surface area contributed by atoms with Gasteiger partial charge in [-0.2, -0.15) is 5.10 Å². The molecule has 1 fully saturated rings. The van der Waals surface area contributed by atoms with Gasteiger partial charge in [0.25, 0.3) is 0 Å². The molecular weight excluding hydrogens is 286 g/mol. The van der Waals surface area contributed by atoms with Crippen LogP contribution in [0.5, 0.6) is 0 Å². The summed E-state index contributed by atoms with van der Waals surface area (Å²) in [7, 11) is 3.87. The molecule has 0 amide bonds. The lowest BCUT2D eigenvalue weighted by atomic mass is 9.91. The molecule has 1 N–H and O–H groups in total. The third-order valence-electron chi connectivity index (χ3n) is 4.47. The van der Waals surface area contributed by atoms with Crippen molar-refractivity contribution >= 4 is 5.96 Å². The molecule has 1 aliphatic rings. The fourth-order valence-electron chi connectivity index (χ4n) is 3.25. The minimum absolute atomic E-state index is 0.410. The van der Waals surface area contributed by atoms with Crippen LogP contribution in [0.3, 0.4) is 0 Å². The number of aromatic nitrogens is 2. The van der Waals surface area contributed by atoms with Crippen molar-refractivity contribution < 1.29 is 0 Å². The molecule has 1 aliphatic heterocycles. The van der Waals surface area contributed by atoms with Crippen LogP contribution in [0.4, 0.5) is 0 Å². The molecule has 1 saturated heterocycles. The summed E-state index contributed by atoms with van der Waals surface area (Å²) in [5, 5.41) is 7.80. The Kier molecular flexibility index (Phi) is 6.08. The largest absolute Gasteiger partial charge is 0.356 e. The molecule has 1 aromatic heterocycles. The van der Waals surface area contributed by atoms with Gasteiger partial charge in [-0.15, -0.1) is 0 Å². The van der Waals surface area contributed by atoms with Gasteiger partial charge in [-0.05, 0) is 42.6 Å². The average molecular weight is 319 g/mol. The van der Waals surface area contributed by atoms with E-state index in [-0.39, 0.29) is 0 Å². The third-order valence-corrected chi connectivity index (χ3v) is 4.47. The predicted molar refractivity (Wildman–Crippen MR) is 96.6 cm³/mol. The van der Waals surface area contributed by atoms with E-state index >= 15 is 0 Å². The van der Waals surface area contributed by atoms with Crippen LogP contribution in [0.25, 0.3) is 0 Å². The molecule has 1 unspecified atom stereocenters. The van der Waals surface area contributed by atoms with Crippen molar-refractivity contribution in [2.45, 2.75) is 46.5 Å². The number of aliphatic imine (C=N–C) groups is 1. The maximum absolute atomic E-state index is 4.46. The average Bonchev–Trinajstić information content (AvgIpc) is 3.08. The first-order chi connectivity index (χ1) is 10.9. The topological polar surface area (TPSA) is 45.5 Å². The number of hydrogen-bond acceptors (Lipinski definition) is 2. The zero-order chi connectivity index (χ0) is 16.9. The summed E-state index contributed by atoms with van der Waals surface area (Å²) in [5.74, 6) is 1.76. The Morgan fingerprint density at radius 1 is 1.43 bits per heavy atom. The van der Waals surface area contributed by atoms with Crippen molar-refractivity contribution in [3.05, 3.63) is 18.0 Å². The van der Waals surface area contributed by atoms with Crippen molar-refractivity contribution in [3.8, 4) is 0 Å². The molecule has 2 rings (SSSR count). The van der Waals surface area contributed by atoms with Gasteiger partial charge in [0.05, 0.1) is 6.20 Å². The number of nitrogens with one attached hydrogen (secondary N) is 1. The smallest absolute Gasteiger partial charge is 0.193 e. The van der Waals surface area contributed by atoms with E-state index < -0.39 is 0 Å².